The number of rotatable bonds is 4. The second kappa shape index (κ2) is 6.39. The fourth-order valence-electron chi connectivity index (χ4n) is 2.29. The van der Waals surface area contributed by atoms with Crippen LogP contribution < -0.4 is 5.73 Å². The van der Waals surface area contributed by atoms with Gasteiger partial charge in [-0.25, -0.2) is 0 Å². The number of hydrogen-bond donors (Lipinski definition) is 2. The first-order valence-corrected chi connectivity index (χ1v) is 6.54. The smallest absolute Gasteiger partial charge is 0.305 e. The minimum atomic E-state index is -1.04. The van der Waals surface area contributed by atoms with Crippen LogP contribution in [0.3, 0.4) is 0 Å². The molecule has 1 aromatic rings. The van der Waals surface area contributed by atoms with E-state index in [-0.39, 0.29) is 36.5 Å². The van der Waals surface area contributed by atoms with Crippen molar-refractivity contribution in [3.63, 3.8) is 0 Å². The van der Waals surface area contributed by atoms with Gasteiger partial charge >= 0.3 is 5.97 Å². The number of carbonyl (C=O) groups is 2. The van der Waals surface area contributed by atoms with Gasteiger partial charge in [-0.05, 0) is 12.1 Å². The van der Waals surface area contributed by atoms with Gasteiger partial charge in [0.15, 0.2) is 0 Å². The van der Waals surface area contributed by atoms with E-state index in [4.69, 9.17) is 15.6 Å². The molecular formula is C13H15N3O6. The minimum absolute atomic E-state index is 0.0365. The molecule has 1 amide bonds. The average molecular weight is 309 g/mol. The van der Waals surface area contributed by atoms with Gasteiger partial charge in [0.25, 0.3) is 11.6 Å². The lowest BCUT2D eigenvalue weighted by Crippen LogP contribution is -2.49. The molecule has 0 aromatic heterocycles. The number of nitrogens with two attached hydrogens (primary N) is 1. The Morgan fingerprint density at radius 3 is 2.86 bits per heavy atom. The van der Waals surface area contributed by atoms with Crippen molar-refractivity contribution < 1.29 is 24.4 Å². The highest BCUT2D eigenvalue weighted by atomic mass is 16.6. The van der Waals surface area contributed by atoms with Crippen molar-refractivity contribution in [2.45, 2.75) is 12.5 Å². The third kappa shape index (κ3) is 3.31. The summed E-state index contributed by atoms with van der Waals surface area (Å²) in [7, 11) is 0. The lowest BCUT2D eigenvalue weighted by molar-refractivity contribution is -0.383. The molecule has 2 rings (SSSR count). The largest absolute Gasteiger partial charge is 0.481 e. The normalized spacial score (nSPS) is 18.0. The highest BCUT2D eigenvalue weighted by Crippen LogP contribution is 2.24. The van der Waals surface area contributed by atoms with Crippen LogP contribution in [-0.2, 0) is 9.53 Å². The summed E-state index contributed by atoms with van der Waals surface area (Å²) in [6, 6.07) is 3.18. The molecule has 0 bridgehead atoms. The van der Waals surface area contributed by atoms with Crippen molar-refractivity contribution in [3.05, 3.63) is 33.9 Å². The van der Waals surface area contributed by atoms with Crippen LogP contribution in [-0.4, -0.2) is 52.6 Å². The Morgan fingerprint density at radius 2 is 2.23 bits per heavy atom. The van der Waals surface area contributed by atoms with Crippen molar-refractivity contribution >= 4 is 23.3 Å². The van der Waals surface area contributed by atoms with Crippen LogP contribution in [0.25, 0.3) is 0 Å². The van der Waals surface area contributed by atoms with E-state index in [9.17, 15) is 19.7 Å². The van der Waals surface area contributed by atoms with E-state index in [1.54, 1.807) is 0 Å². The molecular weight excluding hydrogens is 294 g/mol. The molecule has 0 spiro atoms. The Morgan fingerprint density at radius 1 is 1.50 bits per heavy atom. The summed E-state index contributed by atoms with van der Waals surface area (Å²) >= 11 is 0. The van der Waals surface area contributed by atoms with Gasteiger partial charge in [-0.2, -0.15) is 0 Å². The third-order valence-electron chi connectivity index (χ3n) is 3.37. The fraction of sp³-hybridized carbons (Fsp3) is 0.385. The molecule has 1 heterocycles. The van der Waals surface area contributed by atoms with Crippen molar-refractivity contribution in [2.24, 2.45) is 0 Å². The summed E-state index contributed by atoms with van der Waals surface area (Å²) in [6.45, 7) is 0.642. The van der Waals surface area contributed by atoms with Crippen molar-refractivity contribution in [3.8, 4) is 0 Å². The molecule has 1 saturated heterocycles. The number of ether oxygens (including phenoxy) is 1. The molecule has 1 fully saturated rings. The lowest BCUT2D eigenvalue weighted by Gasteiger charge is -2.34. The Hall–Kier alpha value is -2.68. The van der Waals surface area contributed by atoms with Crippen LogP contribution in [0.2, 0.25) is 0 Å². The predicted molar refractivity (Wildman–Crippen MR) is 75.4 cm³/mol. The van der Waals surface area contributed by atoms with Crippen LogP contribution in [0.5, 0.6) is 0 Å². The first kappa shape index (κ1) is 15.7. The molecule has 0 saturated carbocycles. The number of aliphatic carboxylic acids is 1. The van der Waals surface area contributed by atoms with Gasteiger partial charge in [-0.1, -0.05) is 0 Å². The Balaban J connectivity index is 2.27. The molecule has 22 heavy (non-hydrogen) atoms. The van der Waals surface area contributed by atoms with Gasteiger partial charge in [-0.3, -0.25) is 19.7 Å². The highest BCUT2D eigenvalue weighted by Gasteiger charge is 2.30. The molecule has 118 valence electrons. The minimum Gasteiger partial charge on any atom is -0.481 e. The number of benzene rings is 1. The van der Waals surface area contributed by atoms with E-state index in [0.717, 1.165) is 6.07 Å². The summed E-state index contributed by atoms with van der Waals surface area (Å²) in [5, 5.41) is 19.8. The zero-order chi connectivity index (χ0) is 16.3. The molecule has 1 atom stereocenters. The maximum Gasteiger partial charge on any atom is 0.305 e. The standard InChI is InChI=1S/C13H15N3O6/c14-10-2-1-8(5-11(10)16(20)21)13(19)15-3-4-22-7-9(15)6-12(17)18/h1-2,5,9H,3-4,6-7,14H2,(H,17,18). The molecule has 0 aliphatic carbocycles. The number of carboxylic acids is 1. The van der Waals surface area contributed by atoms with E-state index in [1.807, 2.05) is 0 Å². The molecule has 0 radical (unpaired) electrons. The van der Waals surface area contributed by atoms with Crippen molar-refractivity contribution in [1.82, 2.24) is 4.90 Å². The summed E-state index contributed by atoms with van der Waals surface area (Å²) in [4.78, 5) is 34.9. The number of nitrogens with zero attached hydrogens (tertiary/aromatic N) is 2. The lowest BCUT2D eigenvalue weighted by atomic mass is 10.1. The molecule has 1 aliphatic rings. The van der Waals surface area contributed by atoms with Gasteiger partial charge in [0.1, 0.15) is 5.69 Å². The topological polar surface area (TPSA) is 136 Å². The fourth-order valence-corrected chi connectivity index (χ4v) is 2.29. The number of nitrogen functional groups attached to an aromatic ring is 1. The maximum absolute atomic E-state index is 12.5. The SMILES string of the molecule is Nc1ccc(C(=O)N2CCOCC2CC(=O)O)cc1[N+](=O)[O-]. The summed E-state index contributed by atoms with van der Waals surface area (Å²) in [6.07, 6.45) is -0.247. The molecule has 1 aromatic carbocycles. The van der Waals surface area contributed by atoms with E-state index < -0.39 is 22.8 Å². The highest BCUT2D eigenvalue weighted by molar-refractivity contribution is 5.96. The van der Waals surface area contributed by atoms with Gasteiger partial charge in [-0.15, -0.1) is 0 Å². The van der Waals surface area contributed by atoms with Crippen LogP contribution in [0.1, 0.15) is 16.8 Å². The number of hydrogen-bond acceptors (Lipinski definition) is 6. The summed E-state index contributed by atoms with van der Waals surface area (Å²) in [5.74, 6) is -1.52. The zero-order valence-electron chi connectivity index (χ0n) is 11.6. The van der Waals surface area contributed by atoms with Crippen LogP contribution in [0.15, 0.2) is 18.2 Å². The van der Waals surface area contributed by atoms with Gasteiger partial charge in [0, 0.05) is 18.2 Å². The quantitative estimate of drug-likeness (QED) is 0.469. The molecule has 1 unspecified atom stereocenters. The zero-order valence-corrected chi connectivity index (χ0v) is 11.6. The number of amides is 1. The predicted octanol–water partition coefficient (Wildman–Crippen LogP) is 0.493. The van der Waals surface area contributed by atoms with E-state index in [1.165, 1.54) is 17.0 Å². The third-order valence-corrected chi connectivity index (χ3v) is 3.37. The molecule has 3 N–H and O–H groups in total. The van der Waals surface area contributed by atoms with Crippen LogP contribution in [0, 0.1) is 10.1 Å². The second-order valence-corrected chi connectivity index (χ2v) is 4.86. The average Bonchev–Trinajstić information content (AvgIpc) is 2.46. The Bertz CT molecular complexity index is 618. The molecule has 1 aliphatic heterocycles. The van der Waals surface area contributed by atoms with Crippen LogP contribution in [0.4, 0.5) is 11.4 Å². The molecule has 9 nitrogen and oxygen atoms in total. The number of carbonyl (C=O) groups excluding carboxylic acids is 1. The summed E-state index contributed by atoms with van der Waals surface area (Å²) in [5.41, 5.74) is 5.20. The number of morpholine rings is 1. The van der Waals surface area contributed by atoms with Crippen LogP contribution >= 0.6 is 0 Å². The number of nitro benzene ring substituents is 1. The number of carboxylic acid groups (broad SMARTS) is 1. The molecule has 9 heteroatoms. The van der Waals surface area contributed by atoms with Gasteiger partial charge in [0.2, 0.25) is 0 Å². The van der Waals surface area contributed by atoms with E-state index in [2.05, 4.69) is 0 Å². The first-order chi connectivity index (χ1) is 10.4. The van der Waals surface area contributed by atoms with E-state index in [0.29, 0.717) is 6.61 Å². The number of anilines is 1. The van der Waals surface area contributed by atoms with Gasteiger partial charge in [0.05, 0.1) is 30.6 Å². The van der Waals surface area contributed by atoms with Gasteiger partial charge < -0.3 is 20.5 Å². The van der Waals surface area contributed by atoms with E-state index >= 15 is 0 Å². The Labute approximate surface area is 125 Å². The Kier molecular flexibility index (Phi) is 4.56. The first-order valence-electron chi connectivity index (χ1n) is 6.54. The monoisotopic (exact) mass is 309 g/mol. The maximum atomic E-state index is 12.5. The summed E-state index contributed by atoms with van der Waals surface area (Å²) < 4.78 is 5.19. The number of nitro groups is 1. The van der Waals surface area contributed by atoms with Crippen molar-refractivity contribution in [1.29, 1.82) is 0 Å². The van der Waals surface area contributed by atoms with Crippen molar-refractivity contribution in [2.75, 3.05) is 25.5 Å². The second-order valence-electron chi connectivity index (χ2n) is 4.86.